The van der Waals surface area contributed by atoms with E-state index in [4.69, 9.17) is 11.6 Å². The molecule has 134 valence electrons. The van der Waals surface area contributed by atoms with Crippen molar-refractivity contribution in [2.75, 3.05) is 17.2 Å². The molecule has 2 aromatic rings. The Bertz CT molecular complexity index is 870. The number of carbonyl (C=O) groups is 1. The van der Waals surface area contributed by atoms with Crippen LogP contribution in [0.1, 0.15) is 11.3 Å². The van der Waals surface area contributed by atoms with Crippen molar-refractivity contribution in [1.82, 2.24) is 9.71 Å². The molecule has 1 amide bonds. The standard InChI is InChI=1S/C15H15ClIN3O3S2/c16-13-3-2-11(24-13)6-8-25(22,23)19-12-5-7-20(15(12)21)14-4-1-10(17)9-18-14/h1-4,9,12,19H,5-8H2/t12-/m0/s1. The largest absolute Gasteiger partial charge is 0.295 e. The zero-order chi connectivity index (χ0) is 18.0. The summed E-state index contributed by atoms with van der Waals surface area (Å²) in [6, 6.07) is 6.44. The Kier molecular flexibility index (Phi) is 5.99. The van der Waals surface area contributed by atoms with Crippen molar-refractivity contribution in [3.8, 4) is 0 Å². The van der Waals surface area contributed by atoms with Crippen molar-refractivity contribution < 1.29 is 13.2 Å². The molecule has 6 nitrogen and oxygen atoms in total. The number of halogens is 2. The van der Waals surface area contributed by atoms with Gasteiger partial charge in [0.15, 0.2) is 0 Å². The van der Waals surface area contributed by atoms with Crippen molar-refractivity contribution >= 4 is 67.3 Å². The molecule has 3 heterocycles. The Morgan fingerprint density at radius 1 is 1.36 bits per heavy atom. The van der Waals surface area contributed by atoms with Gasteiger partial charge in [0, 0.05) is 21.2 Å². The van der Waals surface area contributed by atoms with Gasteiger partial charge in [-0.15, -0.1) is 11.3 Å². The fourth-order valence-corrected chi connectivity index (χ4v) is 5.34. The average Bonchev–Trinajstić information content (AvgIpc) is 3.13. The number of aromatic nitrogens is 1. The first kappa shape index (κ1) is 19.0. The summed E-state index contributed by atoms with van der Waals surface area (Å²) in [6.07, 6.45) is 2.47. The Morgan fingerprint density at radius 3 is 2.80 bits per heavy atom. The SMILES string of the molecule is O=C1[C@@H](NS(=O)(=O)CCc2ccc(Cl)s2)CCN1c1ccc(I)cn1. The van der Waals surface area contributed by atoms with Gasteiger partial charge in [-0.3, -0.25) is 9.69 Å². The summed E-state index contributed by atoms with van der Waals surface area (Å²) in [4.78, 5) is 19.1. The molecule has 0 aliphatic carbocycles. The van der Waals surface area contributed by atoms with Crippen molar-refractivity contribution in [2.45, 2.75) is 18.9 Å². The van der Waals surface area contributed by atoms with E-state index < -0.39 is 16.1 Å². The van der Waals surface area contributed by atoms with Crippen LogP contribution in [0.25, 0.3) is 0 Å². The molecular weight excluding hydrogens is 497 g/mol. The Hall–Kier alpha value is -0.750. The predicted molar refractivity (Wildman–Crippen MR) is 108 cm³/mol. The molecule has 1 saturated heterocycles. The van der Waals surface area contributed by atoms with Gasteiger partial charge in [0.1, 0.15) is 11.9 Å². The molecule has 0 radical (unpaired) electrons. The third-order valence-electron chi connectivity index (χ3n) is 3.76. The van der Waals surface area contributed by atoms with E-state index in [9.17, 15) is 13.2 Å². The number of anilines is 1. The summed E-state index contributed by atoms with van der Waals surface area (Å²) >= 11 is 9.34. The summed E-state index contributed by atoms with van der Waals surface area (Å²) in [5.74, 6) is 0.201. The third kappa shape index (κ3) is 4.91. The number of nitrogens with one attached hydrogen (secondary N) is 1. The maximum atomic E-state index is 12.5. The highest BCUT2D eigenvalue weighted by atomic mass is 127. The van der Waals surface area contributed by atoms with Gasteiger partial charge in [-0.2, -0.15) is 0 Å². The molecular formula is C15H15ClIN3O3S2. The molecule has 1 aliphatic heterocycles. The van der Waals surface area contributed by atoms with Crippen molar-refractivity contribution in [1.29, 1.82) is 0 Å². The van der Waals surface area contributed by atoms with E-state index in [1.807, 2.05) is 12.1 Å². The highest BCUT2D eigenvalue weighted by molar-refractivity contribution is 14.1. The van der Waals surface area contributed by atoms with Crippen LogP contribution in [-0.4, -0.2) is 37.6 Å². The van der Waals surface area contributed by atoms with E-state index in [1.54, 1.807) is 18.3 Å². The predicted octanol–water partition coefficient (Wildman–Crippen LogP) is 2.67. The number of nitrogens with zero attached hydrogens (tertiary/aromatic N) is 2. The summed E-state index contributed by atoms with van der Waals surface area (Å²) in [5, 5.41) is 0. The van der Waals surface area contributed by atoms with Crippen LogP contribution in [-0.2, 0) is 21.2 Å². The average molecular weight is 512 g/mol. The fourth-order valence-electron chi connectivity index (χ4n) is 2.54. The van der Waals surface area contributed by atoms with Gasteiger partial charge in [0.2, 0.25) is 15.9 Å². The highest BCUT2D eigenvalue weighted by Crippen LogP contribution is 2.23. The maximum absolute atomic E-state index is 12.5. The lowest BCUT2D eigenvalue weighted by molar-refractivity contribution is -0.118. The van der Waals surface area contributed by atoms with E-state index in [-0.39, 0.29) is 11.7 Å². The number of amides is 1. The minimum absolute atomic E-state index is 0.0740. The molecule has 1 N–H and O–H groups in total. The third-order valence-corrected chi connectivity index (χ3v) is 7.08. The first-order valence-electron chi connectivity index (χ1n) is 7.51. The Labute approximate surface area is 168 Å². The number of hydrogen-bond acceptors (Lipinski definition) is 5. The molecule has 1 atom stereocenters. The number of carbonyl (C=O) groups excluding carboxylic acids is 1. The first-order valence-corrected chi connectivity index (χ1v) is 11.4. The second-order valence-electron chi connectivity index (χ2n) is 5.56. The van der Waals surface area contributed by atoms with Gasteiger partial charge in [-0.05, 0) is 59.7 Å². The molecule has 25 heavy (non-hydrogen) atoms. The van der Waals surface area contributed by atoms with Gasteiger partial charge in [0.05, 0.1) is 10.1 Å². The number of thiophene rings is 1. The lowest BCUT2D eigenvalue weighted by atomic mass is 10.3. The van der Waals surface area contributed by atoms with Crippen LogP contribution < -0.4 is 9.62 Å². The van der Waals surface area contributed by atoms with Gasteiger partial charge >= 0.3 is 0 Å². The second kappa shape index (κ2) is 7.87. The fraction of sp³-hybridized carbons (Fsp3) is 0.333. The van der Waals surface area contributed by atoms with Crippen LogP contribution in [0.4, 0.5) is 5.82 Å². The number of aryl methyl sites for hydroxylation is 1. The molecule has 0 saturated carbocycles. The Morgan fingerprint density at radius 2 is 2.16 bits per heavy atom. The quantitative estimate of drug-likeness (QED) is 0.605. The monoisotopic (exact) mass is 511 g/mol. The minimum Gasteiger partial charge on any atom is -0.295 e. The molecule has 1 fully saturated rings. The molecule has 10 heteroatoms. The second-order valence-corrected chi connectivity index (χ2v) is 10.5. The van der Waals surface area contributed by atoms with E-state index >= 15 is 0 Å². The van der Waals surface area contributed by atoms with E-state index in [0.29, 0.717) is 29.5 Å². The van der Waals surface area contributed by atoms with Crippen LogP contribution in [0.15, 0.2) is 30.5 Å². The van der Waals surface area contributed by atoms with E-state index in [2.05, 4.69) is 32.3 Å². The molecule has 0 spiro atoms. The van der Waals surface area contributed by atoms with Crippen LogP contribution in [0.3, 0.4) is 0 Å². The Balaban J connectivity index is 1.60. The molecule has 2 aromatic heterocycles. The van der Waals surface area contributed by atoms with Gasteiger partial charge in [-0.25, -0.2) is 18.1 Å². The highest BCUT2D eigenvalue weighted by Gasteiger charge is 2.35. The summed E-state index contributed by atoms with van der Waals surface area (Å²) in [5.41, 5.74) is 0. The van der Waals surface area contributed by atoms with Crippen LogP contribution in [0, 0.1) is 3.57 Å². The van der Waals surface area contributed by atoms with Crippen molar-refractivity contribution in [3.63, 3.8) is 0 Å². The van der Waals surface area contributed by atoms with Gasteiger partial charge in [0.25, 0.3) is 0 Å². The smallest absolute Gasteiger partial charge is 0.246 e. The number of sulfonamides is 1. The normalized spacial score (nSPS) is 18.1. The summed E-state index contributed by atoms with van der Waals surface area (Å²) < 4.78 is 28.7. The van der Waals surface area contributed by atoms with Crippen molar-refractivity contribution in [3.05, 3.63) is 43.2 Å². The van der Waals surface area contributed by atoms with Crippen LogP contribution in [0.2, 0.25) is 4.34 Å². The van der Waals surface area contributed by atoms with Gasteiger partial charge < -0.3 is 0 Å². The molecule has 1 aliphatic rings. The maximum Gasteiger partial charge on any atom is 0.246 e. The van der Waals surface area contributed by atoms with Gasteiger partial charge in [-0.1, -0.05) is 11.6 Å². The number of hydrogen-bond donors (Lipinski definition) is 1. The molecule has 0 unspecified atom stereocenters. The first-order chi connectivity index (χ1) is 11.8. The summed E-state index contributed by atoms with van der Waals surface area (Å²) in [7, 11) is -3.55. The van der Waals surface area contributed by atoms with Crippen LogP contribution >= 0.6 is 45.5 Å². The molecule has 0 bridgehead atoms. The van der Waals surface area contributed by atoms with E-state index in [0.717, 1.165) is 8.45 Å². The lowest BCUT2D eigenvalue weighted by Gasteiger charge is -2.16. The zero-order valence-corrected chi connectivity index (χ0v) is 17.5. The molecule has 0 aromatic carbocycles. The van der Waals surface area contributed by atoms with E-state index in [1.165, 1.54) is 16.2 Å². The topological polar surface area (TPSA) is 79.4 Å². The molecule has 3 rings (SSSR count). The number of pyridine rings is 1. The van der Waals surface area contributed by atoms with Crippen LogP contribution in [0.5, 0.6) is 0 Å². The summed E-state index contributed by atoms with van der Waals surface area (Å²) in [6.45, 7) is 0.445. The lowest BCUT2D eigenvalue weighted by Crippen LogP contribution is -2.42. The van der Waals surface area contributed by atoms with Crippen molar-refractivity contribution in [2.24, 2.45) is 0 Å². The zero-order valence-electron chi connectivity index (χ0n) is 13.0. The number of rotatable bonds is 6. The minimum atomic E-state index is -3.55.